The quantitative estimate of drug-likeness (QED) is 0.841. The predicted molar refractivity (Wildman–Crippen MR) is 60.5 cm³/mol. The number of hydrogen-bond donors (Lipinski definition) is 1. The average molecular weight is 210 g/mol. The van der Waals surface area contributed by atoms with Crippen molar-refractivity contribution in [2.24, 2.45) is 0 Å². The Morgan fingerprint density at radius 2 is 2.06 bits per heavy atom. The van der Waals surface area contributed by atoms with Crippen LogP contribution in [0, 0.1) is 11.3 Å². The molecule has 2 rings (SSSR count). The highest BCUT2D eigenvalue weighted by Gasteiger charge is 2.00. The first-order chi connectivity index (χ1) is 7.90. The standard InChI is InChI=1S/C12H10N4/c13-8-10-4-1-2-6-12(10)14-9-11-5-3-7-15-16-11/h1-7,14H,9H2. The normalized spacial score (nSPS) is 9.44. The molecule has 0 aliphatic heterocycles. The minimum atomic E-state index is 0.562. The molecule has 0 spiro atoms. The fraction of sp³-hybridized carbons (Fsp3) is 0.0833. The van der Waals surface area contributed by atoms with E-state index < -0.39 is 0 Å². The first kappa shape index (κ1) is 10.1. The third kappa shape index (κ3) is 2.34. The fourth-order valence-corrected chi connectivity index (χ4v) is 1.35. The Balaban J connectivity index is 2.09. The average Bonchev–Trinajstić information content (AvgIpc) is 2.38. The van der Waals surface area contributed by atoms with Crippen LogP contribution in [-0.4, -0.2) is 10.2 Å². The molecule has 78 valence electrons. The molecule has 16 heavy (non-hydrogen) atoms. The second-order valence-corrected chi connectivity index (χ2v) is 3.23. The Kier molecular flexibility index (Phi) is 3.10. The molecule has 0 radical (unpaired) electrons. The van der Waals surface area contributed by atoms with Crippen molar-refractivity contribution in [1.29, 1.82) is 5.26 Å². The van der Waals surface area contributed by atoms with Gasteiger partial charge in [0, 0.05) is 6.20 Å². The molecule has 0 saturated carbocycles. The second-order valence-electron chi connectivity index (χ2n) is 3.23. The number of nitrogens with zero attached hydrogens (tertiary/aromatic N) is 3. The Labute approximate surface area is 93.6 Å². The van der Waals surface area contributed by atoms with E-state index in [9.17, 15) is 0 Å². The van der Waals surface area contributed by atoms with Gasteiger partial charge >= 0.3 is 0 Å². The molecule has 0 aliphatic carbocycles. The molecule has 0 amide bonds. The number of nitrogens with one attached hydrogen (secondary N) is 1. The first-order valence-corrected chi connectivity index (χ1v) is 4.90. The summed E-state index contributed by atoms with van der Waals surface area (Å²) in [4.78, 5) is 0. The van der Waals surface area contributed by atoms with Crippen molar-refractivity contribution in [3.05, 3.63) is 53.9 Å². The molecule has 1 N–H and O–H groups in total. The van der Waals surface area contributed by atoms with Crippen LogP contribution in [0.3, 0.4) is 0 Å². The molecule has 0 fully saturated rings. The number of hydrogen-bond acceptors (Lipinski definition) is 4. The highest BCUT2D eigenvalue weighted by atomic mass is 15.1. The van der Waals surface area contributed by atoms with Gasteiger partial charge < -0.3 is 5.32 Å². The number of aromatic nitrogens is 2. The van der Waals surface area contributed by atoms with Crippen LogP contribution in [0.4, 0.5) is 5.69 Å². The zero-order valence-corrected chi connectivity index (χ0v) is 8.59. The van der Waals surface area contributed by atoms with Crippen LogP contribution in [0.1, 0.15) is 11.3 Å². The summed E-state index contributed by atoms with van der Waals surface area (Å²) in [5, 5.41) is 19.8. The molecule has 0 unspecified atom stereocenters. The summed E-state index contributed by atoms with van der Waals surface area (Å²) in [6, 6.07) is 13.2. The Morgan fingerprint density at radius 1 is 1.19 bits per heavy atom. The summed E-state index contributed by atoms with van der Waals surface area (Å²) < 4.78 is 0. The molecule has 1 heterocycles. The van der Waals surface area contributed by atoms with Crippen molar-refractivity contribution >= 4 is 5.69 Å². The van der Waals surface area contributed by atoms with Gasteiger partial charge in [0.05, 0.1) is 23.5 Å². The van der Waals surface area contributed by atoms with E-state index >= 15 is 0 Å². The van der Waals surface area contributed by atoms with E-state index in [1.54, 1.807) is 12.3 Å². The minimum absolute atomic E-state index is 0.562. The van der Waals surface area contributed by atoms with Gasteiger partial charge in [-0.1, -0.05) is 12.1 Å². The van der Waals surface area contributed by atoms with Crippen molar-refractivity contribution in [2.75, 3.05) is 5.32 Å². The van der Waals surface area contributed by atoms with Crippen LogP contribution in [-0.2, 0) is 6.54 Å². The molecular formula is C12H10N4. The highest BCUT2D eigenvalue weighted by Crippen LogP contribution is 2.13. The van der Waals surface area contributed by atoms with Gasteiger partial charge in [-0.3, -0.25) is 0 Å². The van der Waals surface area contributed by atoms with Gasteiger partial charge in [-0.25, -0.2) is 0 Å². The van der Waals surface area contributed by atoms with Gasteiger partial charge in [-0.15, -0.1) is 0 Å². The first-order valence-electron chi connectivity index (χ1n) is 4.90. The van der Waals surface area contributed by atoms with E-state index in [1.165, 1.54) is 0 Å². The molecule has 2 aromatic rings. The van der Waals surface area contributed by atoms with E-state index in [4.69, 9.17) is 5.26 Å². The molecule has 4 heteroatoms. The smallest absolute Gasteiger partial charge is 0.101 e. The molecule has 0 saturated heterocycles. The number of anilines is 1. The lowest BCUT2D eigenvalue weighted by atomic mass is 10.2. The molecule has 1 aromatic heterocycles. The van der Waals surface area contributed by atoms with Gasteiger partial charge in [0.15, 0.2) is 0 Å². The van der Waals surface area contributed by atoms with Gasteiger partial charge in [0.1, 0.15) is 6.07 Å². The molecule has 0 bridgehead atoms. The Hall–Kier alpha value is -2.41. The monoisotopic (exact) mass is 210 g/mol. The maximum absolute atomic E-state index is 8.90. The molecule has 4 nitrogen and oxygen atoms in total. The van der Waals surface area contributed by atoms with Crippen LogP contribution >= 0.6 is 0 Å². The van der Waals surface area contributed by atoms with Crippen molar-refractivity contribution in [3.8, 4) is 6.07 Å². The number of para-hydroxylation sites is 1. The Bertz CT molecular complexity index is 502. The number of nitriles is 1. The van der Waals surface area contributed by atoms with Crippen LogP contribution in [0.5, 0.6) is 0 Å². The molecule has 0 aliphatic rings. The van der Waals surface area contributed by atoms with Crippen LogP contribution in [0.15, 0.2) is 42.6 Å². The maximum atomic E-state index is 8.90. The van der Waals surface area contributed by atoms with Crippen LogP contribution < -0.4 is 5.32 Å². The van der Waals surface area contributed by atoms with Crippen molar-refractivity contribution in [1.82, 2.24) is 10.2 Å². The summed E-state index contributed by atoms with van der Waals surface area (Å²) in [6.45, 7) is 0.562. The zero-order valence-electron chi connectivity index (χ0n) is 8.59. The maximum Gasteiger partial charge on any atom is 0.101 e. The lowest BCUT2D eigenvalue weighted by Gasteiger charge is -2.06. The van der Waals surface area contributed by atoms with Gasteiger partial charge in [-0.2, -0.15) is 15.5 Å². The van der Waals surface area contributed by atoms with Crippen molar-refractivity contribution < 1.29 is 0 Å². The van der Waals surface area contributed by atoms with Gasteiger partial charge in [0.25, 0.3) is 0 Å². The zero-order chi connectivity index (χ0) is 11.2. The predicted octanol–water partition coefficient (Wildman–Crippen LogP) is 1.96. The van der Waals surface area contributed by atoms with E-state index in [-0.39, 0.29) is 0 Å². The summed E-state index contributed by atoms with van der Waals surface area (Å²) in [7, 11) is 0. The van der Waals surface area contributed by atoms with Crippen molar-refractivity contribution in [2.45, 2.75) is 6.54 Å². The third-order valence-electron chi connectivity index (χ3n) is 2.14. The fourth-order valence-electron chi connectivity index (χ4n) is 1.35. The second kappa shape index (κ2) is 4.89. The van der Waals surface area contributed by atoms with E-state index in [0.29, 0.717) is 12.1 Å². The molecular weight excluding hydrogens is 200 g/mol. The van der Waals surface area contributed by atoms with Crippen molar-refractivity contribution in [3.63, 3.8) is 0 Å². The summed E-state index contributed by atoms with van der Waals surface area (Å²) in [5.74, 6) is 0. The van der Waals surface area contributed by atoms with Crippen LogP contribution in [0.2, 0.25) is 0 Å². The largest absolute Gasteiger partial charge is 0.378 e. The van der Waals surface area contributed by atoms with E-state index in [1.807, 2.05) is 30.3 Å². The van der Waals surface area contributed by atoms with Gasteiger partial charge in [0.2, 0.25) is 0 Å². The SMILES string of the molecule is N#Cc1ccccc1NCc1cccnn1. The van der Waals surface area contributed by atoms with Gasteiger partial charge in [-0.05, 0) is 24.3 Å². The lowest BCUT2D eigenvalue weighted by Crippen LogP contribution is -2.03. The summed E-state index contributed by atoms with van der Waals surface area (Å²) >= 11 is 0. The summed E-state index contributed by atoms with van der Waals surface area (Å²) in [6.07, 6.45) is 1.63. The molecule has 1 aromatic carbocycles. The Morgan fingerprint density at radius 3 is 2.81 bits per heavy atom. The topological polar surface area (TPSA) is 61.6 Å². The lowest BCUT2D eigenvalue weighted by molar-refractivity contribution is 0.924. The highest BCUT2D eigenvalue weighted by molar-refractivity contribution is 5.57. The minimum Gasteiger partial charge on any atom is -0.378 e. The number of rotatable bonds is 3. The third-order valence-corrected chi connectivity index (χ3v) is 2.14. The molecule has 0 atom stereocenters. The van der Waals surface area contributed by atoms with E-state index in [0.717, 1.165) is 11.4 Å². The van der Waals surface area contributed by atoms with E-state index in [2.05, 4.69) is 21.6 Å². The summed E-state index contributed by atoms with van der Waals surface area (Å²) in [5.41, 5.74) is 2.29. The van der Waals surface area contributed by atoms with Crippen LogP contribution in [0.25, 0.3) is 0 Å². The number of benzene rings is 1.